The van der Waals surface area contributed by atoms with Crippen molar-refractivity contribution in [1.29, 1.82) is 0 Å². The van der Waals surface area contributed by atoms with Crippen LogP contribution in [0.4, 0.5) is 5.82 Å². The van der Waals surface area contributed by atoms with Gasteiger partial charge in [-0.05, 0) is 37.5 Å². The summed E-state index contributed by atoms with van der Waals surface area (Å²) < 4.78 is 5.70. The Labute approximate surface area is 174 Å². The number of hydrogen-bond acceptors (Lipinski definition) is 5. The summed E-state index contributed by atoms with van der Waals surface area (Å²) in [6.07, 6.45) is 4.85. The van der Waals surface area contributed by atoms with Crippen molar-refractivity contribution in [2.75, 3.05) is 24.6 Å². The molecule has 1 aromatic heterocycles. The highest BCUT2D eigenvalue weighted by Crippen LogP contribution is 2.49. The molecule has 2 fully saturated rings. The second-order valence-electron chi connectivity index (χ2n) is 7.74. The van der Waals surface area contributed by atoms with Crippen LogP contribution in [0.25, 0.3) is 0 Å². The fourth-order valence-corrected chi connectivity index (χ4v) is 3.85. The van der Waals surface area contributed by atoms with Crippen molar-refractivity contribution in [3.8, 4) is 0 Å². The highest BCUT2D eigenvalue weighted by molar-refractivity contribution is 5.88. The molecule has 27 heavy (non-hydrogen) atoms. The van der Waals surface area contributed by atoms with E-state index < -0.39 is 5.54 Å². The van der Waals surface area contributed by atoms with Crippen molar-refractivity contribution in [2.24, 2.45) is 11.1 Å². The van der Waals surface area contributed by atoms with Crippen LogP contribution in [-0.2, 0) is 16.1 Å². The second kappa shape index (κ2) is 9.41. The van der Waals surface area contributed by atoms with Crippen LogP contribution in [0.1, 0.15) is 45.6 Å². The van der Waals surface area contributed by atoms with Gasteiger partial charge in [-0.15, -0.1) is 24.8 Å². The van der Waals surface area contributed by atoms with E-state index in [1.165, 1.54) is 12.8 Å². The smallest absolute Gasteiger partial charge is 0.241 e. The quantitative estimate of drug-likeness (QED) is 0.741. The van der Waals surface area contributed by atoms with E-state index in [0.717, 1.165) is 24.5 Å². The lowest BCUT2D eigenvalue weighted by atomic mass is 9.54. The lowest BCUT2D eigenvalue weighted by Crippen LogP contribution is -2.75. The highest BCUT2D eigenvalue weighted by Gasteiger charge is 2.62. The lowest BCUT2D eigenvalue weighted by molar-refractivity contribution is -0.170. The maximum Gasteiger partial charge on any atom is 0.241 e. The number of hydrogen-bond donors (Lipinski definition) is 2. The lowest BCUT2D eigenvalue weighted by Gasteiger charge is -2.57. The summed E-state index contributed by atoms with van der Waals surface area (Å²) in [6, 6.07) is 4.00. The Morgan fingerprint density at radius 1 is 1.37 bits per heavy atom. The largest absolute Gasteiger partial charge is 0.378 e. The molecule has 1 amide bonds. The highest BCUT2D eigenvalue weighted by atomic mass is 35.5. The second-order valence-corrected chi connectivity index (χ2v) is 7.74. The zero-order chi connectivity index (χ0) is 18.1. The number of ether oxygens (including phenoxy) is 1. The fraction of sp³-hybridized carbons (Fsp3) is 0.684. The molecule has 0 bridgehead atoms. The number of amides is 1. The van der Waals surface area contributed by atoms with Crippen LogP contribution in [0.3, 0.4) is 0 Å². The Morgan fingerprint density at radius 2 is 2.04 bits per heavy atom. The minimum absolute atomic E-state index is 0. The number of anilines is 1. The molecule has 1 saturated carbocycles. The van der Waals surface area contributed by atoms with E-state index in [1.54, 1.807) is 0 Å². The summed E-state index contributed by atoms with van der Waals surface area (Å²) in [5, 5.41) is 3.01. The van der Waals surface area contributed by atoms with E-state index in [0.29, 0.717) is 19.6 Å². The Morgan fingerprint density at radius 3 is 2.63 bits per heavy atom. The van der Waals surface area contributed by atoms with E-state index >= 15 is 0 Å². The molecule has 0 spiro atoms. The number of nitrogens with zero attached hydrogens (tertiary/aromatic N) is 2. The molecule has 0 aromatic carbocycles. The van der Waals surface area contributed by atoms with Gasteiger partial charge < -0.3 is 20.7 Å². The molecule has 3 rings (SSSR count). The first kappa shape index (κ1) is 24.0. The van der Waals surface area contributed by atoms with E-state index in [4.69, 9.17) is 10.5 Å². The van der Waals surface area contributed by atoms with Gasteiger partial charge in [-0.2, -0.15) is 0 Å². The van der Waals surface area contributed by atoms with Crippen LogP contribution >= 0.6 is 24.8 Å². The molecular weight excluding hydrogens is 387 g/mol. The molecular formula is C19H32Cl2N4O2. The monoisotopic (exact) mass is 418 g/mol. The third-order valence-corrected chi connectivity index (χ3v) is 5.93. The van der Waals surface area contributed by atoms with Gasteiger partial charge in [0.1, 0.15) is 11.4 Å². The van der Waals surface area contributed by atoms with Gasteiger partial charge in [0, 0.05) is 44.3 Å². The van der Waals surface area contributed by atoms with Gasteiger partial charge in [0.05, 0.1) is 6.10 Å². The number of halogens is 2. The molecule has 1 aromatic rings. The van der Waals surface area contributed by atoms with E-state index in [-0.39, 0.29) is 42.2 Å². The van der Waals surface area contributed by atoms with Crippen molar-refractivity contribution in [1.82, 2.24) is 10.3 Å². The van der Waals surface area contributed by atoms with Crippen LogP contribution in [0.15, 0.2) is 18.3 Å². The molecule has 154 valence electrons. The summed E-state index contributed by atoms with van der Waals surface area (Å²) in [5.74, 6) is 0.889. The maximum atomic E-state index is 12.7. The van der Waals surface area contributed by atoms with Gasteiger partial charge in [-0.1, -0.05) is 13.8 Å². The number of carbonyl (C=O) groups excluding carboxylic acids is 1. The standard InChI is InChI=1S/C19H30N4O2.2ClH/c1-4-25-15-12-19(20,18(15,2)3)17(24)22-13-14-7-8-21-16(11-14)23-9-5-6-10-23;;/h7-8,11,15H,4-6,9-10,12-13,20H2,1-3H3,(H,22,24);2*1H. The molecule has 1 aliphatic heterocycles. The topological polar surface area (TPSA) is 80.5 Å². The average Bonchev–Trinajstić information content (AvgIpc) is 3.14. The first-order valence-electron chi connectivity index (χ1n) is 9.27. The van der Waals surface area contributed by atoms with Crippen molar-refractivity contribution in [3.63, 3.8) is 0 Å². The molecule has 1 saturated heterocycles. The molecule has 6 nitrogen and oxygen atoms in total. The van der Waals surface area contributed by atoms with Crippen molar-refractivity contribution in [3.05, 3.63) is 23.9 Å². The first-order valence-corrected chi connectivity index (χ1v) is 9.27. The van der Waals surface area contributed by atoms with Crippen LogP contribution < -0.4 is 16.0 Å². The Kier molecular flexibility index (Phi) is 8.35. The van der Waals surface area contributed by atoms with Crippen LogP contribution in [0, 0.1) is 5.41 Å². The van der Waals surface area contributed by atoms with E-state index in [9.17, 15) is 4.79 Å². The molecule has 2 heterocycles. The van der Waals surface area contributed by atoms with Gasteiger partial charge >= 0.3 is 0 Å². The normalized spacial score (nSPS) is 25.8. The first-order chi connectivity index (χ1) is 11.9. The molecule has 0 radical (unpaired) electrons. The maximum absolute atomic E-state index is 12.7. The molecule has 2 unspecified atom stereocenters. The number of nitrogens with two attached hydrogens (primary N) is 1. The SMILES string of the molecule is CCOC1CC(N)(C(=O)NCc2ccnc(N3CCCC3)c2)C1(C)C.Cl.Cl. The molecule has 2 atom stereocenters. The summed E-state index contributed by atoms with van der Waals surface area (Å²) in [5.41, 5.74) is 6.23. The predicted molar refractivity (Wildman–Crippen MR) is 113 cm³/mol. The van der Waals surface area contributed by atoms with Crippen LogP contribution in [-0.4, -0.2) is 42.2 Å². The Balaban J connectivity index is 0.00000182. The molecule has 1 aliphatic carbocycles. The third-order valence-electron chi connectivity index (χ3n) is 5.93. The van der Waals surface area contributed by atoms with Gasteiger partial charge in [0.2, 0.25) is 5.91 Å². The molecule has 8 heteroatoms. The summed E-state index contributed by atoms with van der Waals surface area (Å²) in [4.78, 5) is 19.4. The van der Waals surface area contributed by atoms with Gasteiger partial charge in [0.25, 0.3) is 0 Å². The van der Waals surface area contributed by atoms with E-state index in [2.05, 4.69) is 21.3 Å². The van der Waals surface area contributed by atoms with Gasteiger partial charge in [-0.3, -0.25) is 4.79 Å². The summed E-state index contributed by atoms with van der Waals surface area (Å²) in [7, 11) is 0. The van der Waals surface area contributed by atoms with Crippen LogP contribution in [0.5, 0.6) is 0 Å². The molecule has 2 aliphatic rings. The molecule has 3 N–H and O–H groups in total. The zero-order valence-electron chi connectivity index (χ0n) is 16.4. The van der Waals surface area contributed by atoms with Gasteiger partial charge in [0.15, 0.2) is 0 Å². The van der Waals surface area contributed by atoms with Crippen molar-refractivity contribution >= 4 is 36.5 Å². The minimum atomic E-state index is -0.877. The van der Waals surface area contributed by atoms with Crippen LogP contribution in [0.2, 0.25) is 0 Å². The number of nitrogens with one attached hydrogen (secondary N) is 1. The number of carbonyl (C=O) groups is 1. The summed E-state index contributed by atoms with van der Waals surface area (Å²) in [6.45, 7) is 9.21. The van der Waals surface area contributed by atoms with E-state index in [1.807, 2.05) is 33.0 Å². The third kappa shape index (κ3) is 4.50. The number of pyridine rings is 1. The fourth-order valence-electron chi connectivity index (χ4n) is 3.85. The van der Waals surface area contributed by atoms with Gasteiger partial charge in [-0.25, -0.2) is 4.98 Å². The summed E-state index contributed by atoms with van der Waals surface area (Å²) >= 11 is 0. The number of aromatic nitrogens is 1. The number of rotatable bonds is 6. The average molecular weight is 419 g/mol. The zero-order valence-corrected chi connectivity index (χ0v) is 18.0. The van der Waals surface area contributed by atoms with Crippen molar-refractivity contribution in [2.45, 2.75) is 58.2 Å². The predicted octanol–water partition coefficient (Wildman–Crippen LogP) is 2.67. The Bertz CT molecular complexity index is 638. The minimum Gasteiger partial charge on any atom is -0.378 e. The van der Waals surface area contributed by atoms with Crippen molar-refractivity contribution < 1.29 is 9.53 Å². The Hall–Kier alpha value is -1.08.